The van der Waals surface area contributed by atoms with E-state index < -0.39 is 10.5 Å². The molecule has 0 atom stereocenters. The van der Waals surface area contributed by atoms with Gasteiger partial charge in [0, 0.05) is 6.54 Å². The zero-order valence-corrected chi connectivity index (χ0v) is 10.5. The van der Waals surface area contributed by atoms with Crippen molar-refractivity contribution in [3.05, 3.63) is 22.2 Å². The summed E-state index contributed by atoms with van der Waals surface area (Å²) in [6.45, 7) is 4.02. The van der Waals surface area contributed by atoms with Crippen molar-refractivity contribution < 1.29 is 10.0 Å². The average Bonchev–Trinajstić information content (AvgIpc) is 2.35. The van der Waals surface area contributed by atoms with Crippen LogP contribution in [0.4, 0.5) is 17.3 Å². The predicted octanol–water partition coefficient (Wildman–Crippen LogP) is 1.53. The van der Waals surface area contributed by atoms with Gasteiger partial charge in [0.2, 0.25) is 0 Å². The summed E-state index contributed by atoms with van der Waals surface area (Å²) in [4.78, 5) is 14.1. The van der Waals surface area contributed by atoms with Crippen molar-refractivity contribution in [2.45, 2.75) is 32.3 Å². The van der Waals surface area contributed by atoms with E-state index >= 15 is 0 Å². The topological polar surface area (TPSA) is 114 Å². The molecule has 0 aliphatic rings. The highest BCUT2D eigenvalue weighted by Gasteiger charge is 2.22. The van der Waals surface area contributed by atoms with Crippen LogP contribution in [0.1, 0.15) is 26.7 Å². The molecule has 0 aliphatic carbocycles. The predicted molar refractivity (Wildman–Crippen MR) is 69.3 cm³/mol. The molecule has 0 amide bonds. The van der Waals surface area contributed by atoms with Crippen molar-refractivity contribution in [2.75, 3.05) is 17.6 Å². The van der Waals surface area contributed by atoms with Gasteiger partial charge in [0.25, 0.3) is 5.69 Å². The Morgan fingerprint density at radius 3 is 2.61 bits per heavy atom. The lowest BCUT2D eigenvalue weighted by Crippen LogP contribution is -2.35. The van der Waals surface area contributed by atoms with Crippen LogP contribution >= 0.6 is 0 Å². The minimum atomic E-state index is -0.846. The van der Waals surface area contributed by atoms with Gasteiger partial charge >= 0.3 is 0 Å². The lowest BCUT2D eigenvalue weighted by atomic mass is 9.98. The Hall–Kier alpha value is -1.89. The smallest absolute Gasteiger partial charge is 0.276 e. The fourth-order valence-corrected chi connectivity index (χ4v) is 1.49. The first-order valence-electron chi connectivity index (χ1n) is 5.78. The van der Waals surface area contributed by atoms with Crippen LogP contribution in [-0.2, 0) is 0 Å². The summed E-state index contributed by atoms with van der Waals surface area (Å²) >= 11 is 0. The number of hydrogen-bond acceptors (Lipinski definition) is 6. The normalized spacial score (nSPS) is 11.3. The fraction of sp³-hybridized carbons (Fsp3) is 0.545. The molecule has 1 aromatic heterocycles. The first kappa shape index (κ1) is 14.2. The van der Waals surface area contributed by atoms with E-state index in [0.29, 0.717) is 18.7 Å². The summed E-state index contributed by atoms with van der Waals surface area (Å²) in [5, 5.41) is 23.6. The van der Waals surface area contributed by atoms with Crippen LogP contribution in [0.3, 0.4) is 0 Å². The maximum absolute atomic E-state index is 10.7. The van der Waals surface area contributed by atoms with Crippen LogP contribution in [0.2, 0.25) is 0 Å². The summed E-state index contributed by atoms with van der Waals surface area (Å²) in [7, 11) is 0. The molecule has 100 valence electrons. The number of hydrogen-bond donors (Lipinski definition) is 3. The van der Waals surface area contributed by atoms with Crippen LogP contribution in [0.25, 0.3) is 0 Å². The molecular weight excluding hydrogens is 236 g/mol. The molecule has 0 bridgehead atoms. The van der Waals surface area contributed by atoms with Crippen LogP contribution in [-0.4, -0.2) is 27.2 Å². The van der Waals surface area contributed by atoms with E-state index in [2.05, 4.69) is 10.3 Å². The van der Waals surface area contributed by atoms with Crippen LogP contribution < -0.4 is 11.1 Å². The summed E-state index contributed by atoms with van der Waals surface area (Å²) in [5.74, 6) is 0.366. The number of rotatable bonds is 6. The Labute approximate surface area is 105 Å². The molecule has 18 heavy (non-hydrogen) atoms. The second-order valence-corrected chi connectivity index (χ2v) is 4.18. The summed E-state index contributed by atoms with van der Waals surface area (Å²) in [6.07, 6.45) is 1.17. The number of aromatic nitrogens is 1. The highest BCUT2D eigenvalue weighted by molar-refractivity contribution is 5.52. The fourth-order valence-electron chi connectivity index (χ4n) is 1.49. The maximum atomic E-state index is 10.7. The van der Waals surface area contributed by atoms with Crippen molar-refractivity contribution >= 4 is 17.3 Å². The maximum Gasteiger partial charge on any atom is 0.276 e. The zero-order valence-electron chi connectivity index (χ0n) is 10.5. The van der Waals surface area contributed by atoms with Gasteiger partial charge in [0.05, 0.1) is 22.7 Å². The molecule has 7 nitrogen and oxygen atoms in total. The van der Waals surface area contributed by atoms with E-state index in [9.17, 15) is 15.2 Å². The molecule has 0 saturated carbocycles. The monoisotopic (exact) mass is 254 g/mol. The van der Waals surface area contributed by atoms with E-state index in [1.807, 2.05) is 13.8 Å². The first-order valence-corrected chi connectivity index (χ1v) is 5.78. The highest BCUT2D eigenvalue weighted by Crippen LogP contribution is 2.20. The van der Waals surface area contributed by atoms with Gasteiger partial charge in [-0.25, -0.2) is 4.98 Å². The Bertz CT molecular complexity index is 432. The molecule has 1 rings (SSSR count). The molecule has 4 N–H and O–H groups in total. The number of pyridine rings is 1. The third-order valence-electron chi connectivity index (χ3n) is 2.96. The van der Waals surface area contributed by atoms with Gasteiger partial charge in [0.1, 0.15) is 11.6 Å². The molecule has 0 fully saturated rings. The molecule has 7 heteroatoms. The Morgan fingerprint density at radius 2 is 2.11 bits per heavy atom. The summed E-state index contributed by atoms with van der Waals surface area (Å²) in [6, 6.07) is 2.49. The van der Waals surface area contributed by atoms with Gasteiger partial charge in [0.15, 0.2) is 0 Å². The average molecular weight is 254 g/mol. The van der Waals surface area contributed by atoms with Crippen LogP contribution in [0.5, 0.6) is 0 Å². The van der Waals surface area contributed by atoms with Gasteiger partial charge in [-0.1, -0.05) is 13.8 Å². The second kappa shape index (κ2) is 5.63. The molecule has 0 radical (unpaired) electrons. The lowest BCUT2D eigenvalue weighted by Gasteiger charge is -2.25. The number of nitro groups is 1. The quantitative estimate of drug-likeness (QED) is 0.524. The van der Waals surface area contributed by atoms with E-state index in [1.54, 1.807) is 0 Å². The van der Waals surface area contributed by atoms with Gasteiger partial charge in [-0.15, -0.1) is 0 Å². The third kappa shape index (κ3) is 3.56. The van der Waals surface area contributed by atoms with Gasteiger partial charge < -0.3 is 16.2 Å². The van der Waals surface area contributed by atoms with Crippen molar-refractivity contribution in [1.82, 2.24) is 4.98 Å². The summed E-state index contributed by atoms with van der Waals surface area (Å²) in [5.41, 5.74) is 4.51. The lowest BCUT2D eigenvalue weighted by molar-refractivity contribution is -0.384. The zero-order chi connectivity index (χ0) is 13.8. The van der Waals surface area contributed by atoms with E-state index in [-0.39, 0.29) is 18.1 Å². The van der Waals surface area contributed by atoms with Crippen LogP contribution in [0.15, 0.2) is 12.1 Å². The van der Waals surface area contributed by atoms with Crippen molar-refractivity contribution in [2.24, 2.45) is 0 Å². The number of nitrogens with zero attached hydrogens (tertiary/aromatic N) is 2. The molecule has 0 aromatic carbocycles. The molecule has 0 unspecified atom stereocenters. The number of nitrogens with two attached hydrogens (primary N) is 1. The minimum absolute atomic E-state index is 0.0724. The van der Waals surface area contributed by atoms with Crippen molar-refractivity contribution in [3.8, 4) is 0 Å². The molecular formula is C11H18N4O3. The second-order valence-electron chi connectivity index (χ2n) is 4.18. The summed E-state index contributed by atoms with van der Waals surface area (Å²) < 4.78 is 0. The minimum Gasteiger partial charge on any atom is -0.388 e. The Morgan fingerprint density at radius 1 is 1.50 bits per heavy atom. The third-order valence-corrected chi connectivity index (χ3v) is 2.96. The number of nitrogens with one attached hydrogen (secondary N) is 1. The van der Waals surface area contributed by atoms with Gasteiger partial charge in [-0.2, -0.15) is 0 Å². The van der Waals surface area contributed by atoms with Gasteiger partial charge in [-0.3, -0.25) is 10.1 Å². The van der Waals surface area contributed by atoms with Crippen molar-refractivity contribution in [1.29, 1.82) is 0 Å². The highest BCUT2D eigenvalue weighted by atomic mass is 16.6. The number of aliphatic hydroxyl groups is 1. The Kier molecular flexibility index (Phi) is 4.43. The standard InChI is InChI=1S/C11H18N4O3/c1-3-11(16,4-2)7-13-10-6-8(15(17)18)5-9(12)14-10/h5-6,16H,3-4,7H2,1-2H3,(H3,12,13,14). The van der Waals surface area contributed by atoms with E-state index in [0.717, 1.165) is 0 Å². The van der Waals surface area contributed by atoms with E-state index in [4.69, 9.17) is 5.73 Å². The van der Waals surface area contributed by atoms with Crippen LogP contribution in [0, 0.1) is 10.1 Å². The van der Waals surface area contributed by atoms with E-state index in [1.165, 1.54) is 12.1 Å². The number of anilines is 2. The SMILES string of the molecule is CCC(O)(CC)CNc1cc([N+](=O)[O-])cc(N)n1. The molecule has 1 heterocycles. The Balaban J connectivity index is 2.82. The largest absolute Gasteiger partial charge is 0.388 e. The molecule has 0 aliphatic heterocycles. The van der Waals surface area contributed by atoms with Gasteiger partial charge in [-0.05, 0) is 12.8 Å². The number of nitrogen functional groups attached to an aromatic ring is 1. The molecule has 1 aromatic rings. The van der Waals surface area contributed by atoms with Crippen molar-refractivity contribution in [3.63, 3.8) is 0 Å². The molecule has 0 spiro atoms. The first-order chi connectivity index (χ1) is 8.40. The molecule has 0 saturated heterocycles.